The highest BCUT2D eigenvalue weighted by Crippen LogP contribution is 1.71. The fourth-order valence-electron chi connectivity index (χ4n) is 0. The van der Waals surface area contributed by atoms with Crippen molar-refractivity contribution in [1.82, 2.24) is 0 Å². The van der Waals surface area contributed by atoms with Crippen LogP contribution >= 0.6 is 17.0 Å². The molecule has 0 N–H and O–H groups in total. The van der Waals surface area contributed by atoms with Crippen molar-refractivity contribution in [2.45, 2.75) is 20.3 Å². The fourth-order valence-corrected chi connectivity index (χ4v) is 0. The largest absolute Gasteiger partial charge is 0.300 e. The summed E-state index contributed by atoms with van der Waals surface area (Å²) in [6, 6.07) is 0. The van der Waals surface area contributed by atoms with Gasteiger partial charge in [-0.3, -0.25) is 0 Å². The zero-order valence-corrected chi connectivity index (χ0v) is 5.74. The summed E-state index contributed by atoms with van der Waals surface area (Å²) in [5.41, 5.74) is 0. The van der Waals surface area contributed by atoms with Crippen LogP contribution in [-0.2, 0) is 4.79 Å². The number of carbonyl (C=O) groups excluding carboxylic acids is 1. The quantitative estimate of drug-likeness (QED) is 0.558. The molecule has 0 spiro atoms. The van der Waals surface area contributed by atoms with Crippen LogP contribution in [0.5, 0.6) is 0 Å². The summed E-state index contributed by atoms with van der Waals surface area (Å²) in [7, 11) is 0. The van der Waals surface area contributed by atoms with E-state index in [0.29, 0.717) is 6.42 Å². The maximum absolute atomic E-state index is 9.81. The average molecular weight is 153 g/mol. The minimum absolute atomic E-state index is 0. The van der Waals surface area contributed by atoms with E-state index in [1.807, 2.05) is 6.92 Å². The van der Waals surface area contributed by atoms with Crippen molar-refractivity contribution in [2.75, 3.05) is 0 Å². The first-order chi connectivity index (χ1) is 2.27. The first-order valence-electron chi connectivity index (χ1n) is 1.76. The normalized spacial score (nSPS) is 6.33. The lowest BCUT2D eigenvalue weighted by atomic mass is 10.4. The Hall–Kier alpha value is 0.150. The van der Waals surface area contributed by atoms with Crippen LogP contribution in [0.25, 0.3) is 0 Å². The van der Waals surface area contributed by atoms with Crippen molar-refractivity contribution in [1.29, 1.82) is 0 Å². The first-order valence-corrected chi connectivity index (χ1v) is 1.76. The number of hydrogen-bond donors (Lipinski definition) is 0. The van der Waals surface area contributed by atoms with Gasteiger partial charge in [0, 0.05) is 6.42 Å². The van der Waals surface area contributed by atoms with Gasteiger partial charge in [-0.25, -0.2) is 0 Å². The number of halogens is 1. The number of rotatable bonds is 1. The van der Waals surface area contributed by atoms with E-state index in [-0.39, 0.29) is 22.8 Å². The van der Waals surface area contributed by atoms with Gasteiger partial charge in [0.1, 0.15) is 5.78 Å². The van der Waals surface area contributed by atoms with Crippen molar-refractivity contribution >= 4 is 22.8 Å². The Morgan fingerprint density at radius 1 is 1.67 bits per heavy atom. The minimum Gasteiger partial charge on any atom is -0.300 e. The van der Waals surface area contributed by atoms with E-state index in [9.17, 15) is 4.79 Å². The highest BCUT2D eigenvalue weighted by Gasteiger charge is 1.76. The molecular weight excluding hydrogens is 144 g/mol. The molecule has 0 amide bonds. The third kappa shape index (κ3) is 8.91. The van der Waals surface area contributed by atoms with E-state index in [1.165, 1.54) is 0 Å². The van der Waals surface area contributed by atoms with Gasteiger partial charge < -0.3 is 4.79 Å². The maximum atomic E-state index is 9.81. The van der Waals surface area contributed by atoms with Crippen molar-refractivity contribution < 1.29 is 4.79 Å². The van der Waals surface area contributed by atoms with Gasteiger partial charge in [0.2, 0.25) is 0 Å². The molecule has 0 unspecified atom stereocenters. The summed E-state index contributed by atoms with van der Waals surface area (Å²) in [5.74, 6) is 0.255. The molecule has 6 heavy (non-hydrogen) atoms. The van der Waals surface area contributed by atoms with Gasteiger partial charge in [0.25, 0.3) is 0 Å². The molecule has 0 aromatic carbocycles. The smallest absolute Gasteiger partial charge is 0.129 e. The summed E-state index contributed by atoms with van der Waals surface area (Å²) in [5, 5.41) is 0. The molecule has 0 saturated heterocycles. The van der Waals surface area contributed by atoms with Crippen LogP contribution in [0, 0.1) is 0 Å². The predicted octanol–water partition coefficient (Wildman–Crippen LogP) is 1.56. The molecule has 0 aliphatic heterocycles. The van der Waals surface area contributed by atoms with E-state index >= 15 is 0 Å². The fraction of sp³-hybridized carbons (Fsp3) is 0.750. The Bertz CT molecular complexity index is 42.8. The molecule has 0 heterocycles. The second-order valence-corrected chi connectivity index (χ2v) is 1.06. The second-order valence-electron chi connectivity index (χ2n) is 1.06. The lowest BCUT2D eigenvalue weighted by Gasteiger charge is -1.71. The molecule has 0 atom stereocenters. The zero-order chi connectivity index (χ0) is 4.28. The van der Waals surface area contributed by atoms with Gasteiger partial charge in [0.05, 0.1) is 0 Å². The first kappa shape index (κ1) is 9.47. The lowest BCUT2D eigenvalue weighted by molar-refractivity contribution is -0.116. The SMILES string of the molecule is Br.CCC(C)=O. The minimum atomic E-state index is 0. The van der Waals surface area contributed by atoms with Crippen LogP contribution in [0.2, 0.25) is 0 Å². The maximum Gasteiger partial charge on any atom is 0.129 e. The molecule has 0 aliphatic rings. The van der Waals surface area contributed by atoms with Crippen molar-refractivity contribution in [3.8, 4) is 0 Å². The van der Waals surface area contributed by atoms with E-state index in [4.69, 9.17) is 0 Å². The molecule has 0 rings (SSSR count). The van der Waals surface area contributed by atoms with Gasteiger partial charge in [-0.05, 0) is 6.92 Å². The van der Waals surface area contributed by atoms with Gasteiger partial charge in [-0.1, -0.05) is 6.92 Å². The highest BCUT2D eigenvalue weighted by molar-refractivity contribution is 8.93. The van der Waals surface area contributed by atoms with Crippen LogP contribution in [-0.4, -0.2) is 5.78 Å². The van der Waals surface area contributed by atoms with Crippen LogP contribution < -0.4 is 0 Å². The third-order valence-corrected chi connectivity index (χ3v) is 0.498. The van der Waals surface area contributed by atoms with E-state index in [2.05, 4.69) is 0 Å². The van der Waals surface area contributed by atoms with Crippen LogP contribution in [0.3, 0.4) is 0 Å². The lowest BCUT2D eigenvalue weighted by Crippen LogP contribution is -1.80. The van der Waals surface area contributed by atoms with Crippen LogP contribution in [0.4, 0.5) is 0 Å². The summed E-state index contributed by atoms with van der Waals surface area (Å²) in [6.45, 7) is 3.43. The topological polar surface area (TPSA) is 17.1 Å². The summed E-state index contributed by atoms with van der Waals surface area (Å²) in [6.07, 6.45) is 0.667. The van der Waals surface area contributed by atoms with E-state index in [1.54, 1.807) is 6.92 Å². The summed E-state index contributed by atoms with van der Waals surface area (Å²) in [4.78, 5) is 9.81. The monoisotopic (exact) mass is 152 g/mol. The molecule has 0 aromatic heterocycles. The number of ketones is 1. The Labute approximate surface area is 48.5 Å². The van der Waals surface area contributed by atoms with Crippen molar-refractivity contribution in [3.63, 3.8) is 0 Å². The summed E-state index contributed by atoms with van der Waals surface area (Å²) < 4.78 is 0. The van der Waals surface area contributed by atoms with Crippen LogP contribution in [0.15, 0.2) is 0 Å². The average Bonchev–Trinajstić information content (AvgIpc) is 1.38. The standard InChI is InChI=1S/C4H8O.BrH/c1-3-4(2)5;/h3H2,1-2H3;1H. The molecule has 0 fully saturated rings. The summed E-state index contributed by atoms with van der Waals surface area (Å²) >= 11 is 0. The molecule has 1 nitrogen and oxygen atoms in total. The number of hydrogen-bond acceptors (Lipinski definition) is 1. The van der Waals surface area contributed by atoms with Gasteiger partial charge >= 0.3 is 0 Å². The number of carbonyl (C=O) groups is 1. The van der Waals surface area contributed by atoms with Gasteiger partial charge in [-0.2, -0.15) is 0 Å². The van der Waals surface area contributed by atoms with Gasteiger partial charge in [0.15, 0.2) is 0 Å². The third-order valence-electron chi connectivity index (χ3n) is 0.498. The molecular formula is C4H9BrO. The van der Waals surface area contributed by atoms with Crippen LogP contribution in [0.1, 0.15) is 20.3 Å². The van der Waals surface area contributed by atoms with Crippen molar-refractivity contribution in [3.05, 3.63) is 0 Å². The molecule has 0 aliphatic carbocycles. The Morgan fingerprint density at radius 2 is 1.83 bits per heavy atom. The molecule has 0 radical (unpaired) electrons. The molecule has 0 saturated carbocycles. The predicted molar refractivity (Wildman–Crippen MR) is 31.3 cm³/mol. The zero-order valence-electron chi connectivity index (χ0n) is 4.02. The van der Waals surface area contributed by atoms with Crippen molar-refractivity contribution in [2.24, 2.45) is 0 Å². The molecule has 0 bridgehead atoms. The highest BCUT2D eigenvalue weighted by atomic mass is 79.9. The Morgan fingerprint density at radius 3 is 1.83 bits per heavy atom. The Balaban J connectivity index is 0. The second kappa shape index (κ2) is 5.15. The van der Waals surface area contributed by atoms with Gasteiger partial charge in [-0.15, -0.1) is 17.0 Å². The van der Waals surface area contributed by atoms with E-state index in [0.717, 1.165) is 0 Å². The Kier molecular flexibility index (Phi) is 8.13. The molecule has 38 valence electrons. The van der Waals surface area contributed by atoms with E-state index < -0.39 is 0 Å². The molecule has 2 heteroatoms. The number of Topliss-reactive ketones (excluding diaryl/α,β-unsaturated/α-hetero) is 1. The molecule has 0 aromatic rings.